The molecule has 1 aliphatic heterocycles. The first-order chi connectivity index (χ1) is 15.7. The smallest absolute Gasteiger partial charge is 0.295 e. The number of benzene rings is 2. The number of carbonyl (C=O) groups is 2. The molecule has 2 aromatic carbocycles. The zero-order valence-corrected chi connectivity index (χ0v) is 18.8. The van der Waals surface area contributed by atoms with E-state index in [4.69, 9.17) is 9.47 Å². The molecule has 1 unspecified atom stereocenters. The van der Waals surface area contributed by atoms with Crippen molar-refractivity contribution in [2.24, 2.45) is 0 Å². The summed E-state index contributed by atoms with van der Waals surface area (Å²) in [5.74, 6) is -1.29. The minimum Gasteiger partial charge on any atom is -0.507 e. The Kier molecular flexibility index (Phi) is 6.98. The van der Waals surface area contributed by atoms with Gasteiger partial charge in [-0.15, -0.1) is 0 Å². The fourth-order valence-electron chi connectivity index (χ4n) is 3.77. The predicted molar refractivity (Wildman–Crippen MR) is 120 cm³/mol. The molecule has 10 nitrogen and oxygen atoms in total. The Morgan fingerprint density at radius 3 is 2.33 bits per heavy atom. The number of hydrogen-bond acceptors (Lipinski definition) is 8. The quantitative estimate of drug-likeness (QED) is 0.212. The first-order valence-electron chi connectivity index (χ1n) is 10.1. The fraction of sp³-hybridized carbons (Fsp3) is 0.304. The Morgan fingerprint density at radius 1 is 1.12 bits per heavy atom. The van der Waals surface area contributed by atoms with Gasteiger partial charge in [0, 0.05) is 36.3 Å². The lowest BCUT2D eigenvalue weighted by Gasteiger charge is -2.28. The van der Waals surface area contributed by atoms with E-state index in [0.717, 1.165) is 0 Å². The van der Waals surface area contributed by atoms with E-state index in [9.17, 15) is 24.8 Å². The molecular weight excluding hydrogens is 430 g/mol. The Labute approximate surface area is 190 Å². The van der Waals surface area contributed by atoms with E-state index in [0.29, 0.717) is 23.6 Å². The number of rotatable bonds is 8. The van der Waals surface area contributed by atoms with Crippen LogP contribution in [0, 0.1) is 10.1 Å². The zero-order chi connectivity index (χ0) is 24.3. The first kappa shape index (κ1) is 23.7. The number of non-ortho nitro benzene ring substituents is 1. The van der Waals surface area contributed by atoms with Crippen LogP contribution in [0.2, 0.25) is 0 Å². The molecule has 0 saturated carbocycles. The number of nitrogens with zero attached hydrogens (tertiary/aromatic N) is 3. The van der Waals surface area contributed by atoms with E-state index < -0.39 is 28.4 Å². The minimum absolute atomic E-state index is 0.126. The second kappa shape index (κ2) is 9.70. The molecule has 1 aliphatic rings. The van der Waals surface area contributed by atoms with E-state index in [1.807, 2.05) is 19.0 Å². The minimum atomic E-state index is -0.940. The summed E-state index contributed by atoms with van der Waals surface area (Å²) in [4.78, 5) is 39.7. The standard InChI is InChI=1S/C23H25N3O7/c1-24(2)12-13-25-19(16-6-5-7-17(32-3)22(16)33-4)18(21(28)23(25)29)20(27)14-8-10-15(11-9-14)26(30)31/h5-11,19,27H,12-13H2,1-4H3/b20-18+. The number of aliphatic hydroxyl groups excluding tert-OH is 1. The number of nitro groups is 1. The van der Waals surface area contributed by atoms with Gasteiger partial charge in [-0.25, -0.2) is 0 Å². The SMILES string of the molecule is COc1cccc(C2/C(=C(\O)c3ccc([N+](=O)[O-])cc3)C(=O)C(=O)N2CCN(C)C)c1OC. The van der Waals surface area contributed by atoms with Crippen LogP contribution in [0.25, 0.3) is 5.76 Å². The average molecular weight is 455 g/mol. The van der Waals surface area contributed by atoms with Crippen molar-refractivity contribution in [1.82, 2.24) is 9.80 Å². The van der Waals surface area contributed by atoms with Crippen LogP contribution in [-0.2, 0) is 9.59 Å². The molecule has 0 bridgehead atoms. The molecule has 0 aromatic heterocycles. The molecule has 2 aromatic rings. The molecule has 1 fully saturated rings. The maximum Gasteiger partial charge on any atom is 0.295 e. The van der Waals surface area contributed by atoms with Gasteiger partial charge in [0.05, 0.1) is 30.8 Å². The summed E-state index contributed by atoms with van der Waals surface area (Å²) in [7, 11) is 6.61. The van der Waals surface area contributed by atoms with E-state index in [1.54, 1.807) is 18.2 Å². The number of likely N-dealkylation sites (N-methyl/N-ethyl adjacent to an activating group) is 1. The van der Waals surface area contributed by atoms with E-state index in [1.165, 1.54) is 43.4 Å². The third-order valence-corrected chi connectivity index (χ3v) is 5.41. The number of ketones is 1. The average Bonchev–Trinajstić information content (AvgIpc) is 3.06. The van der Waals surface area contributed by atoms with Gasteiger partial charge in [-0.2, -0.15) is 0 Å². The molecular formula is C23H25N3O7. The third-order valence-electron chi connectivity index (χ3n) is 5.41. The number of aliphatic hydroxyl groups is 1. The number of methoxy groups -OCH3 is 2. The van der Waals surface area contributed by atoms with Gasteiger partial charge in [-0.1, -0.05) is 12.1 Å². The van der Waals surface area contributed by atoms with E-state index >= 15 is 0 Å². The highest BCUT2D eigenvalue weighted by Crippen LogP contribution is 2.45. The van der Waals surface area contributed by atoms with Crippen molar-refractivity contribution in [3.8, 4) is 11.5 Å². The molecule has 1 amide bonds. The lowest BCUT2D eigenvalue weighted by molar-refractivity contribution is -0.384. The van der Waals surface area contributed by atoms with Gasteiger partial charge >= 0.3 is 0 Å². The highest BCUT2D eigenvalue weighted by molar-refractivity contribution is 6.46. The highest BCUT2D eigenvalue weighted by Gasteiger charge is 2.47. The van der Waals surface area contributed by atoms with Crippen molar-refractivity contribution in [3.05, 3.63) is 69.3 Å². The lowest BCUT2D eigenvalue weighted by atomic mass is 9.94. The first-order valence-corrected chi connectivity index (χ1v) is 10.1. The van der Waals surface area contributed by atoms with Crippen LogP contribution in [0.15, 0.2) is 48.0 Å². The lowest BCUT2D eigenvalue weighted by Crippen LogP contribution is -2.35. The molecule has 174 valence electrons. The predicted octanol–water partition coefficient (Wildman–Crippen LogP) is 2.60. The van der Waals surface area contributed by atoms with Crippen LogP contribution >= 0.6 is 0 Å². The number of carbonyl (C=O) groups excluding carboxylic acids is 2. The molecule has 0 radical (unpaired) electrons. The number of amides is 1. The molecule has 3 rings (SSSR count). The van der Waals surface area contributed by atoms with Crippen molar-refractivity contribution >= 4 is 23.1 Å². The van der Waals surface area contributed by atoms with Crippen LogP contribution in [0.5, 0.6) is 11.5 Å². The van der Waals surface area contributed by atoms with Crippen LogP contribution in [0.3, 0.4) is 0 Å². The normalized spacial score (nSPS) is 17.5. The summed E-state index contributed by atoms with van der Waals surface area (Å²) < 4.78 is 10.9. The Balaban J connectivity index is 2.22. The largest absolute Gasteiger partial charge is 0.507 e. The summed E-state index contributed by atoms with van der Waals surface area (Å²) in [5, 5.41) is 22.0. The second-order valence-electron chi connectivity index (χ2n) is 7.68. The molecule has 33 heavy (non-hydrogen) atoms. The number of para-hydroxylation sites is 1. The summed E-state index contributed by atoms with van der Waals surface area (Å²) in [6.45, 7) is 0.701. The molecule has 1 N–H and O–H groups in total. The maximum atomic E-state index is 13.1. The van der Waals surface area contributed by atoms with Gasteiger partial charge in [0.25, 0.3) is 17.4 Å². The number of likely N-dealkylation sites (tertiary alicyclic amines) is 1. The van der Waals surface area contributed by atoms with Crippen LogP contribution in [-0.4, -0.2) is 72.9 Å². The summed E-state index contributed by atoms with van der Waals surface area (Å²) in [5.41, 5.74) is 0.361. The van der Waals surface area contributed by atoms with Crippen molar-refractivity contribution in [3.63, 3.8) is 0 Å². The topological polar surface area (TPSA) is 122 Å². The molecule has 1 saturated heterocycles. The molecule has 0 spiro atoms. The number of ether oxygens (including phenoxy) is 2. The van der Waals surface area contributed by atoms with Gasteiger partial charge in [0.15, 0.2) is 11.5 Å². The van der Waals surface area contributed by atoms with Crippen molar-refractivity contribution in [2.75, 3.05) is 41.4 Å². The summed E-state index contributed by atoms with van der Waals surface area (Å²) in [6, 6.07) is 9.26. The molecule has 1 atom stereocenters. The van der Waals surface area contributed by atoms with Crippen molar-refractivity contribution in [2.45, 2.75) is 6.04 Å². The fourth-order valence-corrected chi connectivity index (χ4v) is 3.77. The monoisotopic (exact) mass is 455 g/mol. The summed E-state index contributed by atoms with van der Waals surface area (Å²) in [6.07, 6.45) is 0. The van der Waals surface area contributed by atoms with Crippen molar-refractivity contribution < 1.29 is 29.1 Å². The Hall–Kier alpha value is -3.92. The molecule has 10 heteroatoms. The second-order valence-corrected chi connectivity index (χ2v) is 7.68. The third kappa shape index (κ3) is 4.51. The van der Waals surface area contributed by atoms with Crippen LogP contribution < -0.4 is 9.47 Å². The van der Waals surface area contributed by atoms with E-state index in [2.05, 4.69) is 0 Å². The molecule has 1 heterocycles. The molecule has 0 aliphatic carbocycles. The van der Waals surface area contributed by atoms with Gasteiger partial charge in [0.2, 0.25) is 0 Å². The van der Waals surface area contributed by atoms with Gasteiger partial charge < -0.3 is 24.4 Å². The van der Waals surface area contributed by atoms with Crippen LogP contribution in [0.4, 0.5) is 5.69 Å². The Morgan fingerprint density at radius 2 is 1.79 bits per heavy atom. The number of hydrogen-bond donors (Lipinski definition) is 1. The zero-order valence-electron chi connectivity index (χ0n) is 18.8. The Bertz CT molecular complexity index is 1110. The number of Topliss-reactive ketones (excluding diaryl/α,β-unsaturated/α-hetero) is 1. The highest BCUT2D eigenvalue weighted by atomic mass is 16.6. The van der Waals surface area contributed by atoms with Gasteiger partial charge in [-0.3, -0.25) is 19.7 Å². The van der Waals surface area contributed by atoms with Crippen molar-refractivity contribution in [1.29, 1.82) is 0 Å². The number of nitro benzene ring substituents is 1. The van der Waals surface area contributed by atoms with E-state index in [-0.39, 0.29) is 23.4 Å². The van der Waals surface area contributed by atoms with Gasteiger partial charge in [-0.05, 0) is 32.3 Å². The maximum absolute atomic E-state index is 13.1. The van der Waals surface area contributed by atoms with Gasteiger partial charge in [0.1, 0.15) is 5.76 Å². The summed E-state index contributed by atoms with van der Waals surface area (Å²) >= 11 is 0. The van der Waals surface area contributed by atoms with Crippen LogP contribution in [0.1, 0.15) is 17.2 Å².